The largest absolute Gasteiger partial charge is 0.271 e. The Morgan fingerprint density at radius 2 is 2.29 bits per heavy atom. The number of rotatable bonds is 5. The van der Waals surface area contributed by atoms with E-state index in [9.17, 15) is 0 Å². The van der Waals surface area contributed by atoms with Crippen LogP contribution in [0.4, 0.5) is 0 Å². The number of hydrazine groups is 1. The molecular formula is C12H24N2. The number of hydrogen-bond donors (Lipinski definition) is 2. The van der Waals surface area contributed by atoms with Crippen LogP contribution in [0.2, 0.25) is 0 Å². The van der Waals surface area contributed by atoms with Crippen LogP contribution >= 0.6 is 0 Å². The van der Waals surface area contributed by atoms with E-state index in [0.29, 0.717) is 6.04 Å². The molecule has 3 atom stereocenters. The monoisotopic (exact) mass is 196 g/mol. The lowest BCUT2D eigenvalue weighted by molar-refractivity contribution is 0.296. The van der Waals surface area contributed by atoms with Gasteiger partial charge in [0.1, 0.15) is 0 Å². The average molecular weight is 196 g/mol. The molecule has 0 amide bonds. The molecule has 2 heteroatoms. The van der Waals surface area contributed by atoms with Gasteiger partial charge in [-0.05, 0) is 31.1 Å². The Kier molecular flexibility index (Phi) is 4.63. The molecule has 1 aliphatic carbocycles. The van der Waals surface area contributed by atoms with E-state index in [1.165, 1.54) is 24.8 Å². The van der Waals surface area contributed by atoms with Crippen LogP contribution in [0.3, 0.4) is 0 Å². The third-order valence-corrected chi connectivity index (χ3v) is 3.67. The van der Waals surface area contributed by atoms with Crippen LogP contribution in [0.1, 0.15) is 46.0 Å². The summed E-state index contributed by atoms with van der Waals surface area (Å²) >= 11 is 0. The summed E-state index contributed by atoms with van der Waals surface area (Å²) < 4.78 is 0. The zero-order valence-electron chi connectivity index (χ0n) is 9.55. The minimum absolute atomic E-state index is 0.444. The fourth-order valence-electron chi connectivity index (χ4n) is 2.56. The van der Waals surface area contributed by atoms with Crippen LogP contribution in [-0.4, -0.2) is 6.04 Å². The minimum atomic E-state index is 0.444. The zero-order valence-corrected chi connectivity index (χ0v) is 9.55. The van der Waals surface area contributed by atoms with Gasteiger partial charge in [-0.25, -0.2) is 0 Å². The smallest absolute Gasteiger partial charge is 0.0278 e. The van der Waals surface area contributed by atoms with Gasteiger partial charge >= 0.3 is 0 Å². The van der Waals surface area contributed by atoms with Crippen LogP contribution < -0.4 is 11.3 Å². The molecule has 0 saturated heterocycles. The Bertz CT molecular complexity index is 189. The fourth-order valence-corrected chi connectivity index (χ4v) is 2.56. The summed E-state index contributed by atoms with van der Waals surface area (Å²) in [7, 11) is 0. The van der Waals surface area contributed by atoms with Gasteiger partial charge in [-0.1, -0.05) is 38.8 Å². The molecule has 0 radical (unpaired) electrons. The quantitative estimate of drug-likeness (QED) is 0.403. The van der Waals surface area contributed by atoms with E-state index in [1.54, 1.807) is 0 Å². The molecule has 0 heterocycles. The maximum atomic E-state index is 5.63. The van der Waals surface area contributed by atoms with Crippen LogP contribution in [0.5, 0.6) is 0 Å². The lowest BCUT2D eigenvalue weighted by Gasteiger charge is -2.26. The van der Waals surface area contributed by atoms with Crippen molar-refractivity contribution in [3.63, 3.8) is 0 Å². The van der Waals surface area contributed by atoms with Crippen LogP contribution in [0.15, 0.2) is 12.2 Å². The molecule has 0 aromatic carbocycles. The SMILES string of the molecule is C=C(CC)CC(NN)C1CCCC1C. The maximum Gasteiger partial charge on any atom is 0.0278 e. The van der Waals surface area contributed by atoms with Crippen LogP contribution in [0.25, 0.3) is 0 Å². The summed E-state index contributed by atoms with van der Waals surface area (Å²) in [4.78, 5) is 0. The molecule has 2 nitrogen and oxygen atoms in total. The molecule has 14 heavy (non-hydrogen) atoms. The number of hydrogen-bond acceptors (Lipinski definition) is 2. The lowest BCUT2D eigenvalue weighted by Crippen LogP contribution is -2.42. The van der Waals surface area contributed by atoms with E-state index < -0.39 is 0 Å². The molecule has 0 bridgehead atoms. The first-order chi connectivity index (χ1) is 6.69. The molecule has 1 aliphatic rings. The molecule has 3 unspecified atom stereocenters. The van der Waals surface area contributed by atoms with E-state index in [1.807, 2.05) is 0 Å². The summed E-state index contributed by atoms with van der Waals surface area (Å²) in [5.74, 6) is 7.20. The first-order valence-corrected chi connectivity index (χ1v) is 5.81. The molecule has 1 rings (SSSR count). The molecule has 82 valence electrons. The standard InChI is InChI=1S/C12H24N2/c1-4-9(2)8-12(14-13)11-7-5-6-10(11)3/h10-12,14H,2,4-8,13H2,1,3H3. The molecule has 0 aliphatic heterocycles. The highest BCUT2D eigenvalue weighted by Crippen LogP contribution is 2.35. The van der Waals surface area contributed by atoms with Crippen molar-refractivity contribution < 1.29 is 0 Å². The Hall–Kier alpha value is -0.340. The van der Waals surface area contributed by atoms with E-state index in [0.717, 1.165) is 24.7 Å². The van der Waals surface area contributed by atoms with Gasteiger partial charge in [0.25, 0.3) is 0 Å². The van der Waals surface area contributed by atoms with E-state index in [4.69, 9.17) is 5.84 Å². The van der Waals surface area contributed by atoms with Gasteiger partial charge in [-0.2, -0.15) is 0 Å². The molecule has 1 saturated carbocycles. The summed E-state index contributed by atoms with van der Waals surface area (Å²) in [6.45, 7) is 8.57. The molecule has 0 aromatic rings. The van der Waals surface area contributed by atoms with Gasteiger partial charge < -0.3 is 0 Å². The fraction of sp³-hybridized carbons (Fsp3) is 0.833. The van der Waals surface area contributed by atoms with Crippen molar-refractivity contribution >= 4 is 0 Å². The van der Waals surface area contributed by atoms with Crippen molar-refractivity contribution in [2.24, 2.45) is 17.7 Å². The van der Waals surface area contributed by atoms with Gasteiger partial charge in [0.05, 0.1) is 0 Å². The van der Waals surface area contributed by atoms with E-state index in [2.05, 4.69) is 25.9 Å². The normalized spacial score (nSPS) is 29.1. The molecular weight excluding hydrogens is 172 g/mol. The summed E-state index contributed by atoms with van der Waals surface area (Å²) in [5, 5.41) is 0. The third kappa shape index (κ3) is 2.82. The Balaban J connectivity index is 2.48. The zero-order chi connectivity index (χ0) is 10.6. The summed E-state index contributed by atoms with van der Waals surface area (Å²) in [6.07, 6.45) is 6.17. The van der Waals surface area contributed by atoms with Crippen molar-refractivity contribution in [1.29, 1.82) is 0 Å². The average Bonchev–Trinajstić information content (AvgIpc) is 2.60. The number of nitrogens with two attached hydrogens (primary N) is 1. The van der Waals surface area contributed by atoms with Gasteiger partial charge in [0.2, 0.25) is 0 Å². The second-order valence-corrected chi connectivity index (χ2v) is 4.65. The van der Waals surface area contributed by atoms with Crippen molar-refractivity contribution in [3.05, 3.63) is 12.2 Å². The van der Waals surface area contributed by atoms with E-state index in [-0.39, 0.29) is 0 Å². The predicted molar refractivity (Wildman–Crippen MR) is 61.7 cm³/mol. The highest BCUT2D eigenvalue weighted by molar-refractivity contribution is 4.99. The minimum Gasteiger partial charge on any atom is -0.271 e. The van der Waals surface area contributed by atoms with E-state index >= 15 is 0 Å². The first-order valence-electron chi connectivity index (χ1n) is 5.81. The second kappa shape index (κ2) is 5.52. The van der Waals surface area contributed by atoms with Gasteiger partial charge in [-0.15, -0.1) is 0 Å². The molecule has 1 fully saturated rings. The summed E-state index contributed by atoms with van der Waals surface area (Å²) in [5.41, 5.74) is 4.29. The Morgan fingerprint density at radius 3 is 2.71 bits per heavy atom. The van der Waals surface area contributed by atoms with Crippen LogP contribution in [0, 0.1) is 11.8 Å². The Morgan fingerprint density at radius 1 is 1.57 bits per heavy atom. The number of nitrogens with one attached hydrogen (secondary N) is 1. The maximum absolute atomic E-state index is 5.63. The van der Waals surface area contributed by atoms with Crippen LogP contribution in [-0.2, 0) is 0 Å². The lowest BCUT2D eigenvalue weighted by atomic mass is 9.86. The van der Waals surface area contributed by atoms with Gasteiger partial charge in [0, 0.05) is 6.04 Å². The Labute approximate surface area is 87.9 Å². The van der Waals surface area contributed by atoms with Crippen molar-refractivity contribution in [3.8, 4) is 0 Å². The molecule has 0 spiro atoms. The third-order valence-electron chi connectivity index (χ3n) is 3.67. The topological polar surface area (TPSA) is 38.0 Å². The van der Waals surface area contributed by atoms with Crippen molar-refractivity contribution in [2.75, 3.05) is 0 Å². The summed E-state index contributed by atoms with van der Waals surface area (Å²) in [6, 6.07) is 0.444. The molecule has 3 N–H and O–H groups in total. The second-order valence-electron chi connectivity index (χ2n) is 4.65. The van der Waals surface area contributed by atoms with Crippen molar-refractivity contribution in [2.45, 2.75) is 52.0 Å². The predicted octanol–water partition coefficient (Wildman–Crippen LogP) is 2.61. The highest BCUT2D eigenvalue weighted by Gasteiger charge is 2.30. The highest BCUT2D eigenvalue weighted by atomic mass is 15.2. The van der Waals surface area contributed by atoms with Crippen molar-refractivity contribution in [1.82, 2.24) is 5.43 Å². The first kappa shape index (κ1) is 11.7. The molecule has 0 aromatic heterocycles. The van der Waals surface area contributed by atoms with Gasteiger partial charge in [0.15, 0.2) is 0 Å². The van der Waals surface area contributed by atoms with Gasteiger partial charge in [-0.3, -0.25) is 11.3 Å².